The van der Waals surface area contributed by atoms with Gasteiger partial charge in [0.1, 0.15) is 29.5 Å². The molecule has 0 atom stereocenters. The molecule has 1 aliphatic heterocycles. The maximum atomic E-state index is 14.6. The number of piperidine rings is 1. The minimum absolute atomic E-state index is 0.00270. The molecule has 1 N–H and O–H groups in total. The molecule has 1 amide bonds. The van der Waals surface area contributed by atoms with Gasteiger partial charge in [0.05, 0.1) is 24.8 Å². The number of aromatic nitrogens is 4. The number of aryl methyl sites for hydroxylation is 1. The summed E-state index contributed by atoms with van der Waals surface area (Å²) in [6.07, 6.45) is 3.24. The van der Waals surface area contributed by atoms with Gasteiger partial charge in [0.25, 0.3) is 0 Å². The van der Waals surface area contributed by atoms with Crippen LogP contribution in [0.1, 0.15) is 36.0 Å². The Kier molecular flexibility index (Phi) is 6.84. The molecule has 3 aromatic rings. The van der Waals surface area contributed by atoms with Gasteiger partial charge in [0, 0.05) is 13.1 Å². The van der Waals surface area contributed by atoms with E-state index in [1.807, 2.05) is 30.3 Å². The van der Waals surface area contributed by atoms with Crippen molar-refractivity contribution in [2.45, 2.75) is 37.7 Å². The lowest BCUT2D eigenvalue weighted by Gasteiger charge is -2.38. The second kappa shape index (κ2) is 9.97. The van der Waals surface area contributed by atoms with E-state index in [9.17, 15) is 19.6 Å². The molecule has 0 unspecified atom stereocenters. The molecule has 9 nitrogen and oxygen atoms in total. The Morgan fingerprint density at radius 2 is 1.97 bits per heavy atom. The van der Waals surface area contributed by atoms with Gasteiger partial charge in [-0.15, -0.1) is 5.10 Å². The van der Waals surface area contributed by atoms with E-state index in [2.05, 4.69) is 15.5 Å². The SMILES string of the molecule is COc1ccc(CCC2(O)CCN(C(=O)Cc3ccc(-n4cnnn4)cc3)CC2)c(F)c1C#N. The number of nitriles is 1. The van der Waals surface area contributed by atoms with Crippen molar-refractivity contribution in [1.82, 2.24) is 25.1 Å². The van der Waals surface area contributed by atoms with Gasteiger partial charge in [-0.3, -0.25) is 4.79 Å². The maximum absolute atomic E-state index is 14.6. The molecule has 0 radical (unpaired) electrons. The molecule has 2 heterocycles. The first-order valence-electron chi connectivity index (χ1n) is 11.0. The van der Waals surface area contributed by atoms with Crippen molar-refractivity contribution in [3.05, 3.63) is 65.2 Å². The average Bonchev–Trinajstić information content (AvgIpc) is 3.39. The number of benzene rings is 2. The first-order chi connectivity index (χ1) is 16.4. The number of amides is 1. The number of carbonyl (C=O) groups excluding carboxylic acids is 1. The largest absolute Gasteiger partial charge is 0.495 e. The maximum Gasteiger partial charge on any atom is 0.226 e. The monoisotopic (exact) mass is 464 g/mol. The number of aliphatic hydroxyl groups is 1. The van der Waals surface area contributed by atoms with E-state index in [4.69, 9.17) is 4.74 Å². The lowest BCUT2D eigenvalue weighted by Crippen LogP contribution is -2.47. The first-order valence-corrected chi connectivity index (χ1v) is 11.0. The Morgan fingerprint density at radius 3 is 2.59 bits per heavy atom. The molecule has 0 spiro atoms. The molecule has 4 rings (SSSR count). The van der Waals surface area contributed by atoms with Crippen LogP contribution in [0.4, 0.5) is 4.39 Å². The predicted octanol–water partition coefficient (Wildman–Crippen LogP) is 2.21. The van der Waals surface area contributed by atoms with Crippen molar-refractivity contribution in [2.24, 2.45) is 0 Å². The molecule has 1 fully saturated rings. The van der Waals surface area contributed by atoms with Crippen molar-refractivity contribution in [3.8, 4) is 17.5 Å². The van der Waals surface area contributed by atoms with Crippen LogP contribution >= 0.6 is 0 Å². The molecule has 1 saturated heterocycles. The zero-order valence-electron chi connectivity index (χ0n) is 18.8. The lowest BCUT2D eigenvalue weighted by molar-refractivity contribution is -0.134. The Labute approximate surface area is 196 Å². The number of hydrogen-bond acceptors (Lipinski definition) is 7. The first kappa shape index (κ1) is 23.3. The van der Waals surface area contributed by atoms with E-state index in [1.54, 1.807) is 17.0 Å². The van der Waals surface area contributed by atoms with E-state index in [0.717, 1.165) is 11.3 Å². The highest BCUT2D eigenvalue weighted by Crippen LogP contribution is 2.30. The van der Waals surface area contributed by atoms with Gasteiger partial charge in [-0.1, -0.05) is 18.2 Å². The Morgan fingerprint density at radius 1 is 1.24 bits per heavy atom. The number of carbonyl (C=O) groups is 1. The Hall–Kier alpha value is -3.84. The molecular formula is C24H25FN6O3. The van der Waals surface area contributed by atoms with Crippen molar-refractivity contribution in [3.63, 3.8) is 0 Å². The third-order valence-corrected chi connectivity index (χ3v) is 6.33. The van der Waals surface area contributed by atoms with Crippen LogP contribution in [0.2, 0.25) is 0 Å². The van der Waals surface area contributed by atoms with Gasteiger partial charge in [-0.25, -0.2) is 9.07 Å². The number of nitrogens with zero attached hydrogens (tertiary/aromatic N) is 6. The predicted molar refractivity (Wildman–Crippen MR) is 120 cm³/mol. The van der Waals surface area contributed by atoms with E-state index < -0.39 is 11.4 Å². The van der Waals surface area contributed by atoms with Crippen molar-refractivity contribution >= 4 is 5.91 Å². The van der Waals surface area contributed by atoms with E-state index in [1.165, 1.54) is 18.1 Å². The van der Waals surface area contributed by atoms with Crippen LogP contribution in [0, 0.1) is 17.1 Å². The molecule has 0 saturated carbocycles. The van der Waals surface area contributed by atoms with E-state index in [-0.39, 0.29) is 23.6 Å². The summed E-state index contributed by atoms with van der Waals surface area (Å²) < 4.78 is 21.2. The van der Waals surface area contributed by atoms with Gasteiger partial charge in [0.2, 0.25) is 5.91 Å². The zero-order valence-corrected chi connectivity index (χ0v) is 18.8. The standard InChI is InChI=1S/C24H25FN6O3/c1-34-21-7-4-18(23(25)20(21)15-26)8-9-24(33)10-12-30(13-11-24)22(32)14-17-2-5-19(6-3-17)31-16-27-28-29-31/h2-7,16,33H,8-14H2,1H3. The van der Waals surface area contributed by atoms with Crippen LogP contribution in [0.25, 0.3) is 5.69 Å². The lowest BCUT2D eigenvalue weighted by atomic mass is 9.85. The molecule has 34 heavy (non-hydrogen) atoms. The zero-order chi connectivity index (χ0) is 24.1. The van der Waals surface area contributed by atoms with Crippen molar-refractivity contribution < 1.29 is 19.0 Å². The quantitative estimate of drug-likeness (QED) is 0.570. The van der Waals surface area contributed by atoms with Crippen molar-refractivity contribution in [2.75, 3.05) is 20.2 Å². The van der Waals surface area contributed by atoms with Crippen LogP contribution < -0.4 is 4.74 Å². The summed E-state index contributed by atoms with van der Waals surface area (Å²) in [5, 5.41) is 31.2. The summed E-state index contributed by atoms with van der Waals surface area (Å²) in [5.74, 6) is -0.416. The summed E-state index contributed by atoms with van der Waals surface area (Å²) in [7, 11) is 1.39. The smallest absolute Gasteiger partial charge is 0.226 e. The number of likely N-dealkylation sites (tertiary alicyclic amines) is 1. The van der Waals surface area contributed by atoms with Gasteiger partial charge in [-0.05, 0) is 65.4 Å². The molecule has 176 valence electrons. The molecule has 2 aromatic carbocycles. The molecule has 0 aliphatic carbocycles. The van der Waals surface area contributed by atoms with Crippen LogP contribution in [-0.2, 0) is 17.6 Å². The summed E-state index contributed by atoms with van der Waals surface area (Å²) >= 11 is 0. The van der Waals surface area contributed by atoms with Crippen LogP contribution in [0.5, 0.6) is 5.75 Å². The highest BCUT2D eigenvalue weighted by Gasteiger charge is 2.34. The third-order valence-electron chi connectivity index (χ3n) is 6.33. The van der Waals surface area contributed by atoms with Crippen LogP contribution in [-0.4, -0.2) is 61.9 Å². The fraction of sp³-hybridized carbons (Fsp3) is 0.375. The number of methoxy groups -OCH3 is 1. The molecular weight excluding hydrogens is 439 g/mol. The minimum Gasteiger partial charge on any atom is -0.495 e. The second-order valence-corrected chi connectivity index (χ2v) is 8.43. The number of tetrazole rings is 1. The van der Waals surface area contributed by atoms with Crippen LogP contribution in [0.3, 0.4) is 0 Å². The van der Waals surface area contributed by atoms with E-state index >= 15 is 0 Å². The number of halogens is 1. The van der Waals surface area contributed by atoms with Crippen molar-refractivity contribution in [1.29, 1.82) is 5.26 Å². The normalized spacial score (nSPS) is 15.1. The van der Waals surface area contributed by atoms with Gasteiger partial charge in [-0.2, -0.15) is 5.26 Å². The fourth-order valence-electron chi connectivity index (χ4n) is 4.19. The second-order valence-electron chi connectivity index (χ2n) is 8.43. The Bertz CT molecular complexity index is 1180. The van der Waals surface area contributed by atoms with Gasteiger partial charge in [0.15, 0.2) is 0 Å². The average molecular weight is 465 g/mol. The third kappa shape index (κ3) is 5.05. The molecule has 0 bridgehead atoms. The Balaban J connectivity index is 1.30. The highest BCUT2D eigenvalue weighted by molar-refractivity contribution is 5.79. The highest BCUT2D eigenvalue weighted by atomic mass is 19.1. The summed E-state index contributed by atoms with van der Waals surface area (Å²) in [5.41, 5.74) is 0.946. The number of rotatable bonds is 7. The number of hydrogen-bond donors (Lipinski definition) is 1. The van der Waals surface area contributed by atoms with Gasteiger partial charge < -0.3 is 14.7 Å². The summed E-state index contributed by atoms with van der Waals surface area (Å²) in [4.78, 5) is 14.5. The van der Waals surface area contributed by atoms with E-state index in [0.29, 0.717) is 44.3 Å². The number of ether oxygens (including phenoxy) is 1. The van der Waals surface area contributed by atoms with Crippen LogP contribution in [0.15, 0.2) is 42.7 Å². The minimum atomic E-state index is -0.983. The molecule has 1 aromatic heterocycles. The summed E-state index contributed by atoms with van der Waals surface area (Å²) in [6.45, 7) is 0.874. The summed E-state index contributed by atoms with van der Waals surface area (Å²) in [6, 6.07) is 12.4. The van der Waals surface area contributed by atoms with Gasteiger partial charge >= 0.3 is 0 Å². The topological polar surface area (TPSA) is 117 Å². The fourth-order valence-corrected chi connectivity index (χ4v) is 4.19. The molecule has 1 aliphatic rings. The molecule has 10 heteroatoms.